The van der Waals surface area contributed by atoms with Gasteiger partial charge >= 0.3 is 0 Å². The van der Waals surface area contributed by atoms with Crippen molar-refractivity contribution in [2.75, 3.05) is 32.7 Å². The first-order valence-corrected chi connectivity index (χ1v) is 10.4. The average molecular weight is 374 g/mol. The maximum atomic E-state index is 12.7. The van der Waals surface area contributed by atoms with E-state index in [1.807, 2.05) is 36.1 Å². The van der Waals surface area contributed by atoms with E-state index in [1.165, 1.54) is 12.8 Å². The summed E-state index contributed by atoms with van der Waals surface area (Å²) in [7, 11) is 0. The Morgan fingerprint density at radius 2 is 1.96 bits per heavy atom. The Kier molecular flexibility index (Phi) is 8.79. The Bertz CT molecular complexity index is 617. The molecule has 1 saturated heterocycles. The van der Waals surface area contributed by atoms with Gasteiger partial charge in [0.25, 0.3) is 5.91 Å². The van der Waals surface area contributed by atoms with Crippen LogP contribution in [0, 0.1) is 6.92 Å². The second kappa shape index (κ2) is 11.1. The lowest BCUT2D eigenvalue weighted by Gasteiger charge is -2.22. The van der Waals surface area contributed by atoms with Gasteiger partial charge in [0.15, 0.2) is 0 Å². The zero-order valence-corrected chi connectivity index (χ0v) is 17.2. The standard InChI is InChI=1S/C22H35N3O2/c1-4-5-6-10-19(3)23-21(26)17-24-12-8-13-25(15-14-24)22(27)20-11-7-9-18(2)16-20/h7,9,11,16,19H,4-6,8,10,12-15,17H2,1-3H3,(H,23,26). The Labute approximate surface area is 164 Å². The van der Waals surface area contributed by atoms with E-state index in [0.717, 1.165) is 50.0 Å². The molecule has 1 unspecified atom stereocenters. The maximum Gasteiger partial charge on any atom is 0.253 e. The summed E-state index contributed by atoms with van der Waals surface area (Å²) in [4.78, 5) is 29.1. The lowest BCUT2D eigenvalue weighted by molar-refractivity contribution is -0.122. The van der Waals surface area contributed by atoms with Crippen LogP contribution in [0.2, 0.25) is 0 Å². The summed E-state index contributed by atoms with van der Waals surface area (Å²) in [6.07, 6.45) is 5.52. The van der Waals surface area contributed by atoms with Crippen LogP contribution >= 0.6 is 0 Å². The molecule has 1 aliphatic rings. The number of carbonyl (C=O) groups excluding carboxylic acids is 2. The molecule has 2 rings (SSSR count). The average Bonchev–Trinajstić information content (AvgIpc) is 2.86. The lowest BCUT2D eigenvalue weighted by Crippen LogP contribution is -2.42. The Morgan fingerprint density at radius 1 is 1.15 bits per heavy atom. The third kappa shape index (κ3) is 7.33. The highest BCUT2D eigenvalue weighted by molar-refractivity contribution is 5.94. The summed E-state index contributed by atoms with van der Waals surface area (Å²) in [5.41, 5.74) is 1.85. The van der Waals surface area contributed by atoms with Gasteiger partial charge in [-0.15, -0.1) is 0 Å². The molecular weight excluding hydrogens is 338 g/mol. The van der Waals surface area contributed by atoms with Crippen molar-refractivity contribution in [2.45, 2.75) is 58.9 Å². The van der Waals surface area contributed by atoms with Gasteiger partial charge in [0.2, 0.25) is 5.91 Å². The van der Waals surface area contributed by atoms with Crippen molar-refractivity contribution < 1.29 is 9.59 Å². The summed E-state index contributed by atoms with van der Waals surface area (Å²) >= 11 is 0. The van der Waals surface area contributed by atoms with Gasteiger partial charge in [0.1, 0.15) is 0 Å². The number of aryl methyl sites for hydroxylation is 1. The van der Waals surface area contributed by atoms with Crippen LogP contribution in [0.1, 0.15) is 61.9 Å². The molecule has 0 aliphatic carbocycles. The molecular formula is C22H35N3O2. The van der Waals surface area contributed by atoms with Crippen LogP contribution in [0.5, 0.6) is 0 Å². The highest BCUT2D eigenvalue weighted by atomic mass is 16.2. The van der Waals surface area contributed by atoms with Crippen LogP contribution in [-0.2, 0) is 4.79 Å². The van der Waals surface area contributed by atoms with Crippen LogP contribution in [-0.4, -0.2) is 60.4 Å². The van der Waals surface area contributed by atoms with Gasteiger partial charge < -0.3 is 10.2 Å². The molecule has 0 radical (unpaired) electrons. The van der Waals surface area contributed by atoms with Crippen molar-refractivity contribution in [3.63, 3.8) is 0 Å². The minimum Gasteiger partial charge on any atom is -0.353 e. The first-order chi connectivity index (χ1) is 13.0. The molecule has 1 aromatic carbocycles. The molecule has 27 heavy (non-hydrogen) atoms. The number of unbranched alkanes of at least 4 members (excludes halogenated alkanes) is 2. The molecule has 0 saturated carbocycles. The van der Waals surface area contributed by atoms with Gasteiger partial charge in [-0.1, -0.05) is 43.9 Å². The highest BCUT2D eigenvalue weighted by Gasteiger charge is 2.21. The molecule has 1 N–H and O–H groups in total. The third-order valence-electron chi connectivity index (χ3n) is 5.16. The van der Waals surface area contributed by atoms with Gasteiger partial charge in [0.05, 0.1) is 6.54 Å². The van der Waals surface area contributed by atoms with E-state index in [2.05, 4.69) is 24.1 Å². The first kappa shape index (κ1) is 21.4. The third-order valence-corrected chi connectivity index (χ3v) is 5.16. The van der Waals surface area contributed by atoms with Crippen LogP contribution < -0.4 is 5.32 Å². The fourth-order valence-electron chi connectivity index (χ4n) is 3.59. The van der Waals surface area contributed by atoms with Gasteiger partial charge in [0, 0.05) is 37.8 Å². The van der Waals surface area contributed by atoms with E-state index in [1.54, 1.807) is 0 Å². The Morgan fingerprint density at radius 3 is 2.70 bits per heavy atom. The number of nitrogens with zero attached hydrogens (tertiary/aromatic N) is 2. The largest absolute Gasteiger partial charge is 0.353 e. The molecule has 1 aromatic rings. The monoisotopic (exact) mass is 373 g/mol. The molecule has 5 nitrogen and oxygen atoms in total. The molecule has 1 aliphatic heterocycles. The number of benzene rings is 1. The zero-order chi connectivity index (χ0) is 19.6. The second-order valence-electron chi connectivity index (χ2n) is 7.76. The Hall–Kier alpha value is -1.88. The highest BCUT2D eigenvalue weighted by Crippen LogP contribution is 2.11. The summed E-state index contributed by atoms with van der Waals surface area (Å²) < 4.78 is 0. The van der Waals surface area contributed by atoms with E-state index in [4.69, 9.17) is 0 Å². The molecule has 0 aromatic heterocycles. The number of nitrogens with one attached hydrogen (secondary N) is 1. The van der Waals surface area contributed by atoms with Crippen molar-refractivity contribution in [1.29, 1.82) is 0 Å². The van der Waals surface area contributed by atoms with Crippen molar-refractivity contribution in [3.05, 3.63) is 35.4 Å². The molecule has 2 amide bonds. The van der Waals surface area contributed by atoms with Crippen molar-refractivity contribution in [1.82, 2.24) is 15.1 Å². The maximum absolute atomic E-state index is 12.7. The fraction of sp³-hybridized carbons (Fsp3) is 0.636. The molecule has 1 heterocycles. The van der Waals surface area contributed by atoms with Crippen molar-refractivity contribution in [2.24, 2.45) is 0 Å². The smallest absolute Gasteiger partial charge is 0.253 e. The summed E-state index contributed by atoms with van der Waals surface area (Å²) in [6, 6.07) is 7.99. The normalized spacial score (nSPS) is 16.6. The van der Waals surface area contributed by atoms with Crippen LogP contribution in [0.3, 0.4) is 0 Å². The molecule has 150 valence electrons. The van der Waals surface area contributed by atoms with E-state index < -0.39 is 0 Å². The minimum atomic E-state index is 0.0922. The second-order valence-corrected chi connectivity index (χ2v) is 7.76. The van der Waals surface area contributed by atoms with E-state index >= 15 is 0 Å². The predicted molar refractivity (Wildman–Crippen MR) is 110 cm³/mol. The van der Waals surface area contributed by atoms with Crippen LogP contribution in [0.4, 0.5) is 0 Å². The predicted octanol–water partition coefficient (Wildman–Crippen LogP) is 3.23. The summed E-state index contributed by atoms with van der Waals surface area (Å²) in [6.45, 7) is 9.72. The topological polar surface area (TPSA) is 52.7 Å². The van der Waals surface area contributed by atoms with Crippen LogP contribution in [0.15, 0.2) is 24.3 Å². The van der Waals surface area contributed by atoms with Crippen LogP contribution in [0.25, 0.3) is 0 Å². The number of rotatable bonds is 8. The van der Waals surface area contributed by atoms with E-state index in [-0.39, 0.29) is 17.9 Å². The van der Waals surface area contributed by atoms with Gasteiger partial charge in [-0.25, -0.2) is 0 Å². The SMILES string of the molecule is CCCCCC(C)NC(=O)CN1CCCN(C(=O)c2cccc(C)c2)CC1. The van der Waals surface area contributed by atoms with Crippen molar-refractivity contribution >= 4 is 11.8 Å². The zero-order valence-electron chi connectivity index (χ0n) is 17.2. The summed E-state index contributed by atoms with van der Waals surface area (Å²) in [5, 5.41) is 3.11. The lowest BCUT2D eigenvalue weighted by atomic mass is 10.1. The van der Waals surface area contributed by atoms with Gasteiger partial charge in [-0.2, -0.15) is 0 Å². The van der Waals surface area contributed by atoms with E-state index in [0.29, 0.717) is 13.1 Å². The fourth-order valence-corrected chi connectivity index (χ4v) is 3.59. The summed E-state index contributed by atoms with van der Waals surface area (Å²) in [5.74, 6) is 0.187. The molecule has 0 spiro atoms. The quantitative estimate of drug-likeness (QED) is 0.712. The molecule has 1 fully saturated rings. The van der Waals surface area contributed by atoms with Crippen molar-refractivity contribution in [3.8, 4) is 0 Å². The number of amides is 2. The molecule has 1 atom stereocenters. The number of hydrogen-bond donors (Lipinski definition) is 1. The minimum absolute atomic E-state index is 0.0922. The number of carbonyl (C=O) groups is 2. The van der Waals surface area contributed by atoms with Gasteiger partial charge in [-0.05, 0) is 38.8 Å². The molecule has 5 heteroatoms. The number of hydrogen-bond acceptors (Lipinski definition) is 3. The molecule has 0 bridgehead atoms. The van der Waals surface area contributed by atoms with Gasteiger partial charge in [-0.3, -0.25) is 14.5 Å². The van der Waals surface area contributed by atoms with E-state index in [9.17, 15) is 9.59 Å². The first-order valence-electron chi connectivity index (χ1n) is 10.4. The Balaban J connectivity index is 1.78.